The lowest BCUT2D eigenvalue weighted by Crippen LogP contribution is -2.58. The van der Waals surface area contributed by atoms with Crippen molar-refractivity contribution in [3.63, 3.8) is 0 Å². The van der Waals surface area contributed by atoms with E-state index >= 15 is 0 Å². The SMILES string of the molecule is C=CCCOC(=O)[C@@H]1[C@H]2C(=O)N([C@@H](CO)[C@@H](C)CC)C(C(=O)N(CC=C)Cn3nnc4ccccc43)C23CC[C@H]1S3. The number of aromatic nitrogens is 3. The topological polar surface area (TPSA) is 118 Å². The first-order valence-corrected chi connectivity index (χ1v) is 15.3. The zero-order chi connectivity index (χ0) is 29.3. The Balaban J connectivity index is 1.54. The van der Waals surface area contributed by atoms with Crippen molar-refractivity contribution in [2.75, 3.05) is 19.8 Å². The number of ether oxygens (including phenoxy) is 1. The molecule has 3 aliphatic heterocycles. The first kappa shape index (κ1) is 29.3. The van der Waals surface area contributed by atoms with E-state index in [1.165, 1.54) is 0 Å². The first-order valence-electron chi connectivity index (χ1n) is 14.4. The van der Waals surface area contributed by atoms with Crippen molar-refractivity contribution in [1.82, 2.24) is 24.8 Å². The Morgan fingerprint density at radius 2 is 2.10 bits per heavy atom. The molecule has 3 aliphatic rings. The van der Waals surface area contributed by atoms with E-state index in [4.69, 9.17) is 4.74 Å². The predicted molar refractivity (Wildman–Crippen MR) is 156 cm³/mol. The molecular formula is C30H39N5O5S. The summed E-state index contributed by atoms with van der Waals surface area (Å²) in [5, 5.41) is 19.0. The van der Waals surface area contributed by atoms with Crippen LogP contribution in [0.25, 0.3) is 11.0 Å². The number of aliphatic hydroxyl groups excluding tert-OH is 1. The molecule has 3 fully saturated rings. The Kier molecular flexibility index (Phi) is 8.56. The Labute approximate surface area is 244 Å². The molecule has 2 amide bonds. The molecule has 1 N–H and O–H groups in total. The molecule has 11 heteroatoms. The third-order valence-corrected chi connectivity index (χ3v) is 11.0. The number of nitrogens with zero attached hydrogens (tertiary/aromatic N) is 5. The molecule has 4 heterocycles. The first-order chi connectivity index (χ1) is 19.8. The molecule has 41 heavy (non-hydrogen) atoms. The Hall–Kier alpha value is -3.18. The van der Waals surface area contributed by atoms with Crippen LogP contribution in [0.15, 0.2) is 49.6 Å². The zero-order valence-corrected chi connectivity index (χ0v) is 24.5. The van der Waals surface area contributed by atoms with Crippen LogP contribution in [-0.4, -0.2) is 89.5 Å². The average molecular weight is 582 g/mol. The summed E-state index contributed by atoms with van der Waals surface area (Å²) in [7, 11) is 0. The highest BCUT2D eigenvalue weighted by molar-refractivity contribution is 8.02. The number of likely N-dealkylation sites (tertiary alicyclic amines) is 1. The number of rotatable bonds is 13. The van der Waals surface area contributed by atoms with Gasteiger partial charge in [0.15, 0.2) is 0 Å². The van der Waals surface area contributed by atoms with Crippen LogP contribution >= 0.6 is 11.8 Å². The number of amides is 2. The molecule has 220 valence electrons. The molecule has 2 unspecified atom stereocenters. The number of benzene rings is 1. The van der Waals surface area contributed by atoms with Gasteiger partial charge in [-0.05, 0) is 37.3 Å². The normalized spacial score (nSPS) is 28.0. The highest BCUT2D eigenvalue weighted by Gasteiger charge is 2.75. The number of fused-ring (bicyclic) bond motifs is 2. The Morgan fingerprint density at radius 1 is 1.32 bits per heavy atom. The van der Waals surface area contributed by atoms with Crippen molar-refractivity contribution in [1.29, 1.82) is 0 Å². The van der Waals surface area contributed by atoms with Gasteiger partial charge in [0, 0.05) is 11.8 Å². The van der Waals surface area contributed by atoms with Crippen molar-refractivity contribution in [3.05, 3.63) is 49.6 Å². The van der Waals surface area contributed by atoms with E-state index in [9.17, 15) is 19.5 Å². The van der Waals surface area contributed by atoms with Gasteiger partial charge in [0.1, 0.15) is 18.2 Å². The molecule has 2 bridgehead atoms. The van der Waals surface area contributed by atoms with Gasteiger partial charge < -0.3 is 19.6 Å². The summed E-state index contributed by atoms with van der Waals surface area (Å²) in [6.07, 6.45) is 5.94. The van der Waals surface area contributed by atoms with Crippen LogP contribution in [0.1, 0.15) is 39.5 Å². The van der Waals surface area contributed by atoms with Crippen LogP contribution in [0.5, 0.6) is 0 Å². The highest BCUT2D eigenvalue weighted by atomic mass is 32.2. The number of thioether (sulfide) groups is 1. The quantitative estimate of drug-likeness (QED) is 0.218. The van der Waals surface area contributed by atoms with Crippen LogP contribution in [0.2, 0.25) is 0 Å². The third-order valence-electron chi connectivity index (χ3n) is 9.04. The van der Waals surface area contributed by atoms with Gasteiger partial charge in [-0.25, -0.2) is 4.68 Å². The van der Waals surface area contributed by atoms with Gasteiger partial charge in [0.05, 0.1) is 41.4 Å². The highest BCUT2D eigenvalue weighted by Crippen LogP contribution is 2.67. The molecule has 1 spiro atoms. The maximum absolute atomic E-state index is 14.7. The molecule has 0 aliphatic carbocycles. The summed E-state index contributed by atoms with van der Waals surface area (Å²) in [6, 6.07) is 6.13. The Morgan fingerprint density at radius 3 is 2.80 bits per heavy atom. The van der Waals surface area contributed by atoms with Crippen LogP contribution in [-0.2, 0) is 25.8 Å². The van der Waals surface area contributed by atoms with Crippen LogP contribution in [0, 0.1) is 17.8 Å². The van der Waals surface area contributed by atoms with Crippen LogP contribution < -0.4 is 0 Å². The molecule has 3 saturated heterocycles. The van der Waals surface area contributed by atoms with Gasteiger partial charge in [-0.15, -0.1) is 30.0 Å². The lowest BCUT2D eigenvalue weighted by atomic mass is 9.71. The Bertz CT molecular complexity index is 1330. The fraction of sp³-hybridized carbons (Fsp3) is 0.567. The molecular weight excluding hydrogens is 542 g/mol. The molecule has 2 aromatic rings. The molecule has 5 rings (SSSR count). The minimum atomic E-state index is -0.845. The van der Waals surface area contributed by atoms with E-state index in [0.717, 1.165) is 23.9 Å². The lowest BCUT2D eigenvalue weighted by molar-refractivity contribution is -0.154. The number of esters is 1. The number of para-hydroxylation sites is 1. The second kappa shape index (κ2) is 12.0. The molecule has 0 radical (unpaired) electrons. The van der Waals surface area contributed by atoms with Crippen molar-refractivity contribution in [2.24, 2.45) is 17.8 Å². The average Bonchev–Trinajstić information content (AvgIpc) is 3.73. The van der Waals surface area contributed by atoms with Gasteiger partial charge in [-0.1, -0.05) is 49.8 Å². The number of carbonyl (C=O) groups is 3. The van der Waals surface area contributed by atoms with Crippen LogP contribution in [0.4, 0.5) is 0 Å². The molecule has 1 aromatic carbocycles. The fourth-order valence-electron chi connectivity index (χ4n) is 6.88. The summed E-state index contributed by atoms with van der Waals surface area (Å²) < 4.78 is 6.47. The number of aliphatic hydroxyl groups is 1. The molecule has 10 nitrogen and oxygen atoms in total. The fourth-order valence-corrected chi connectivity index (χ4v) is 9.07. The molecule has 1 aromatic heterocycles. The van der Waals surface area contributed by atoms with Gasteiger partial charge >= 0.3 is 5.97 Å². The minimum Gasteiger partial charge on any atom is -0.465 e. The maximum Gasteiger partial charge on any atom is 0.310 e. The summed E-state index contributed by atoms with van der Waals surface area (Å²) >= 11 is 1.59. The van der Waals surface area contributed by atoms with E-state index < -0.39 is 34.6 Å². The predicted octanol–water partition coefficient (Wildman–Crippen LogP) is 3.02. The third kappa shape index (κ3) is 4.86. The number of hydrogen-bond donors (Lipinski definition) is 1. The van der Waals surface area contributed by atoms with E-state index in [1.54, 1.807) is 38.4 Å². The smallest absolute Gasteiger partial charge is 0.310 e. The monoisotopic (exact) mass is 581 g/mol. The number of carbonyl (C=O) groups excluding carboxylic acids is 3. The standard InChI is InChI=1S/C30H39N5O5S/c1-5-8-16-40-29(39)24-23-13-14-30(41-23)25(24)27(37)35(22(17-36)19(4)7-3)26(30)28(38)33(15-6-2)18-34-21-12-10-9-11-20(21)31-32-34/h5-6,9-12,19,22-26,36H,1-2,7-8,13-18H2,3-4H3/t19-,22-,23+,24-,25-,26?,30?/m0/s1. The number of hydrogen-bond acceptors (Lipinski definition) is 8. The molecule has 0 saturated carbocycles. The van der Waals surface area contributed by atoms with Gasteiger partial charge in [0.2, 0.25) is 11.8 Å². The second-order valence-electron chi connectivity index (χ2n) is 11.3. The lowest BCUT2D eigenvalue weighted by Gasteiger charge is -2.41. The summed E-state index contributed by atoms with van der Waals surface area (Å²) in [5.74, 6) is -2.24. The van der Waals surface area contributed by atoms with Crippen molar-refractivity contribution < 1.29 is 24.2 Å². The second-order valence-corrected chi connectivity index (χ2v) is 12.9. The molecule has 7 atom stereocenters. The largest absolute Gasteiger partial charge is 0.465 e. The van der Waals surface area contributed by atoms with Crippen LogP contribution in [0.3, 0.4) is 0 Å². The van der Waals surface area contributed by atoms with Crippen molar-refractivity contribution >= 4 is 40.6 Å². The summed E-state index contributed by atoms with van der Waals surface area (Å²) in [6.45, 7) is 11.8. The van der Waals surface area contributed by atoms with Crippen molar-refractivity contribution in [3.8, 4) is 0 Å². The van der Waals surface area contributed by atoms with Gasteiger partial charge in [-0.3, -0.25) is 14.4 Å². The van der Waals surface area contributed by atoms with E-state index in [0.29, 0.717) is 12.8 Å². The van der Waals surface area contributed by atoms with E-state index in [-0.39, 0.29) is 49.4 Å². The summed E-state index contributed by atoms with van der Waals surface area (Å²) in [4.78, 5) is 45.7. The summed E-state index contributed by atoms with van der Waals surface area (Å²) in [5.41, 5.74) is 1.51. The van der Waals surface area contributed by atoms with Gasteiger partial charge in [0.25, 0.3) is 0 Å². The maximum atomic E-state index is 14.7. The van der Waals surface area contributed by atoms with Gasteiger partial charge in [-0.2, -0.15) is 0 Å². The van der Waals surface area contributed by atoms with Crippen molar-refractivity contribution in [2.45, 2.75) is 68.3 Å². The van der Waals surface area contributed by atoms with E-state index in [1.807, 2.05) is 38.1 Å². The van der Waals surface area contributed by atoms with E-state index in [2.05, 4.69) is 23.5 Å². The minimum absolute atomic E-state index is 0.0539. The zero-order valence-electron chi connectivity index (χ0n) is 23.7.